The van der Waals surface area contributed by atoms with Crippen LogP contribution in [0.3, 0.4) is 0 Å². The zero-order valence-electron chi connectivity index (χ0n) is 23.8. The molecule has 0 N–H and O–H groups in total. The van der Waals surface area contributed by atoms with Gasteiger partial charge in [-0.1, -0.05) is 155 Å². The van der Waals surface area contributed by atoms with E-state index in [2.05, 4.69) is 23.5 Å². The summed E-state index contributed by atoms with van der Waals surface area (Å²) < 4.78 is 9.33. The van der Waals surface area contributed by atoms with Crippen molar-refractivity contribution >= 4 is 12.3 Å². The Kier molecular flexibility index (Phi) is 28.8. The largest absolute Gasteiger partial charge is 0.550 e. The molecule has 0 aromatic rings. The molecule has 0 saturated carbocycles. The molecular formula is C30H58O6. The van der Waals surface area contributed by atoms with Crippen molar-refractivity contribution in [3.05, 3.63) is 0 Å². The standard InChI is InChI=1S/C30H58O6/c1-3-5-7-9-11-13-15-17-19-21-23-25-27-33-29(31)35-30(32)36-34-28-26-24-22-20-18-16-14-12-10-8-6-4-2/h3-28H2,1-2H3. The lowest BCUT2D eigenvalue weighted by atomic mass is 10.1. The fourth-order valence-electron chi connectivity index (χ4n) is 4.30. The normalized spacial score (nSPS) is 10.9. The van der Waals surface area contributed by atoms with Crippen LogP contribution in [0.4, 0.5) is 9.59 Å². The van der Waals surface area contributed by atoms with Gasteiger partial charge in [-0.3, -0.25) is 4.89 Å². The fourth-order valence-corrected chi connectivity index (χ4v) is 4.30. The molecule has 0 unspecified atom stereocenters. The molecule has 0 saturated heterocycles. The molecule has 0 aliphatic heterocycles. The zero-order chi connectivity index (χ0) is 26.4. The van der Waals surface area contributed by atoms with E-state index >= 15 is 0 Å². The minimum Gasteiger partial charge on any atom is -0.434 e. The Hall–Kier alpha value is -1.30. The molecule has 0 aliphatic carbocycles. The molecular weight excluding hydrogens is 456 g/mol. The van der Waals surface area contributed by atoms with Crippen LogP contribution in [0.5, 0.6) is 0 Å². The molecule has 214 valence electrons. The number of ether oxygens (including phenoxy) is 2. The third-order valence-corrected chi connectivity index (χ3v) is 6.59. The maximum atomic E-state index is 11.5. The Morgan fingerprint density at radius 1 is 0.417 bits per heavy atom. The molecule has 36 heavy (non-hydrogen) atoms. The number of hydrogen-bond acceptors (Lipinski definition) is 6. The van der Waals surface area contributed by atoms with E-state index in [0.717, 1.165) is 38.5 Å². The van der Waals surface area contributed by atoms with Crippen molar-refractivity contribution in [2.75, 3.05) is 13.2 Å². The number of carbonyl (C=O) groups is 2. The molecule has 6 heteroatoms. The first-order valence-corrected chi connectivity index (χ1v) is 15.4. The SMILES string of the molecule is CCCCCCCCCCCCCCOOC(=O)OC(=O)OCCCCCCCCCCCCCC. The molecule has 0 aromatic heterocycles. The van der Waals surface area contributed by atoms with E-state index in [1.807, 2.05) is 0 Å². The monoisotopic (exact) mass is 514 g/mol. The van der Waals surface area contributed by atoms with Crippen LogP contribution in [0, 0.1) is 0 Å². The Labute approximate surface area is 222 Å². The van der Waals surface area contributed by atoms with E-state index in [-0.39, 0.29) is 6.61 Å². The smallest absolute Gasteiger partial charge is 0.434 e. The minimum atomic E-state index is -1.17. The summed E-state index contributed by atoms with van der Waals surface area (Å²) in [7, 11) is 0. The first-order valence-electron chi connectivity index (χ1n) is 15.4. The first kappa shape index (κ1) is 34.7. The second-order valence-electron chi connectivity index (χ2n) is 10.1. The molecule has 0 fully saturated rings. The predicted octanol–water partition coefficient (Wildman–Crippen LogP) is 10.6. The number of unbranched alkanes of at least 4 members (excludes halogenated alkanes) is 22. The highest BCUT2D eigenvalue weighted by atomic mass is 17.2. The van der Waals surface area contributed by atoms with Gasteiger partial charge in [0.2, 0.25) is 0 Å². The highest BCUT2D eigenvalue weighted by Gasteiger charge is 2.14. The van der Waals surface area contributed by atoms with Gasteiger partial charge >= 0.3 is 12.3 Å². The number of rotatable bonds is 27. The lowest BCUT2D eigenvalue weighted by Gasteiger charge is -2.06. The van der Waals surface area contributed by atoms with Crippen LogP contribution in [-0.4, -0.2) is 25.5 Å². The van der Waals surface area contributed by atoms with Crippen LogP contribution in [0.15, 0.2) is 0 Å². The summed E-state index contributed by atoms with van der Waals surface area (Å²) in [5.74, 6) is 0. The van der Waals surface area contributed by atoms with E-state index in [1.165, 1.54) is 116 Å². The van der Waals surface area contributed by atoms with Crippen LogP contribution in [0.2, 0.25) is 0 Å². The van der Waals surface area contributed by atoms with Gasteiger partial charge in [-0.2, -0.15) is 4.89 Å². The van der Waals surface area contributed by atoms with Gasteiger partial charge < -0.3 is 9.47 Å². The summed E-state index contributed by atoms with van der Waals surface area (Å²) in [6, 6.07) is 0. The van der Waals surface area contributed by atoms with Crippen LogP contribution in [0.25, 0.3) is 0 Å². The average Bonchev–Trinajstić information content (AvgIpc) is 2.87. The Morgan fingerprint density at radius 3 is 1.14 bits per heavy atom. The lowest BCUT2D eigenvalue weighted by Crippen LogP contribution is -2.16. The van der Waals surface area contributed by atoms with E-state index in [0.29, 0.717) is 6.61 Å². The summed E-state index contributed by atoms with van der Waals surface area (Å²) in [5.41, 5.74) is 0. The second kappa shape index (κ2) is 29.9. The van der Waals surface area contributed by atoms with Gasteiger partial charge in [-0.25, -0.2) is 9.59 Å². The van der Waals surface area contributed by atoms with Crippen LogP contribution < -0.4 is 0 Å². The van der Waals surface area contributed by atoms with Crippen LogP contribution in [0.1, 0.15) is 168 Å². The second-order valence-corrected chi connectivity index (χ2v) is 10.1. The van der Waals surface area contributed by atoms with Gasteiger partial charge in [0, 0.05) is 0 Å². The minimum absolute atomic E-state index is 0.253. The lowest BCUT2D eigenvalue weighted by molar-refractivity contribution is -0.252. The van der Waals surface area contributed by atoms with Crippen molar-refractivity contribution in [1.29, 1.82) is 0 Å². The Morgan fingerprint density at radius 2 is 0.750 bits per heavy atom. The van der Waals surface area contributed by atoms with Crippen LogP contribution in [-0.2, 0) is 19.2 Å². The summed E-state index contributed by atoms with van der Waals surface area (Å²) in [6.45, 7) is 5.06. The van der Waals surface area contributed by atoms with Gasteiger partial charge in [-0.15, -0.1) is 0 Å². The molecule has 0 bridgehead atoms. The summed E-state index contributed by atoms with van der Waals surface area (Å²) >= 11 is 0. The molecule has 0 heterocycles. The van der Waals surface area contributed by atoms with Crippen molar-refractivity contribution < 1.29 is 28.8 Å². The maximum absolute atomic E-state index is 11.5. The third kappa shape index (κ3) is 28.9. The Balaban J connectivity index is 3.28. The first-order chi connectivity index (χ1) is 17.7. The van der Waals surface area contributed by atoms with Crippen molar-refractivity contribution in [2.24, 2.45) is 0 Å². The molecule has 0 aliphatic rings. The molecule has 0 spiro atoms. The van der Waals surface area contributed by atoms with Crippen molar-refractivity contribution in [3.8, 4) is 0 Å². The van der Waals surface area contributed by atoms with Crippen LogP contribution >= 0.6 is 0 Å². The summed E-state index contributed by atoms with van der Waals surface area (Å²) in [5, 5.41) is 0. The van der Waals surface area contributed by atoms with Crippen molar-refractivity contribution in [3.63, 3.8) is 0 Å². The molecule has 0 atom stereocenters. The molecule has 0 rings (SSSR count). The third-order valence-electron chi connectivity index (χ3n) is 6.59. The average molecular weight is 515 g/mol. The highest BCUT2D eigenvalue weighted by Crippen LogP contribution is 2.13. The summed E-state index contributed by atoms with van der Waals surface area (Å²) in [6.07, 6.45) is 27.7. The van der Waals surface area contributed by atoms with E-state index in [4.69, 9.17) is 9.62 Å². The molecule has 6 nitrogen and oxygen atoms in total. The number of carbonyl (C=O) groups excluding carboxylic acids is 2. The van der Waals surface area contributed by atoms with Crippen molar-refractivity contribution in [2.45, 2.75) is 168 Å². The summed E-state index contributed by atoms with van der Waals surface area (Å²) in [4.78, 5) is 32.2. The van der Waals surface area contributed by atoms with E-state index in [1.54, 1.807) is 0 Å². The van der Waals surface area contributed by atoms with Gasteiger partial charge in [0.25, 0.3) is 0 Å². The maximum Gasteiger partial charge on any atom is 0.550 e. The van der Waals surface area contributed by atoms with E-state index in [9.17, 15) is 9.59 Å². The van der Waals surface area contributed by atoms with Crippen molar-refractivity contribution in [1.82, 2.24) is 0 Å². The zero-order valence-corrected chi connectivity index (χ0v) is 23.8. The quantitative estimate of drug-likeness (QED) is 0.0357. The Bertz CT molecular complexity index is 468. The molecule has 0 radical (unpaired) electrons. The topological polar surface area (TPSA) is 71.1 Å². The van der Waals surface area contributed by atoms with Gasteiger partial charge in [0.05, 0.1) is 13.2 Å². The van der Waals surface area contributed by atoms with Gasteiger partial charge in [0.15, 0.2) is 0 Å². The number of hydrogen-bond donors (Lipinski definition) is 0. The van der Waals surface area contributed by atoms with Gasteiger partial charge in [-0.05, 0) is 12.8 Å². The highest BCUT2D eigenvalue weighted by molar-refractivity contribution is 5.76. The molecule has 0 amide bonds. The van der Waals surface area contributed by atoms with E-state index < -0.39 is 12.3 Å². The fraction of sp³-hybridized carbons (Fsp3) is 0.933. The predicted molar refractivity (Wildman–Crippen MR) is 147 cm³/mol. The molecule has 0 aromatic carbocycles. The van der Waals surface area contributed by atoms with Gasteiger partial charge in [0.1, 0.15) is 0 Å².